The molecule has 3 N–H and O–H groups in total. The highest BCUT2D eigenvalue weighted by atomic mass is 16.5. The first-order chi connectivity index (χ1) is 10.2. The van der Waals surface area contributed by atoms with Crippen LogP contribution in [0.4, 0.5) is 5.69 Å². The minimum Gasteiger partial charge on any atom is -0.368 e. The second-order valence-corrected chi connectivity index (χ2v) is 4.91. The summed E-state index contributed by atoms with van der Waals surface area (Å²) in [7, 11) is 1.56. The van der Waals surface area contributed by atoms with Gasteiger partial charge in [0.2, 0.25) is 11.8 Å². The lowest BCUT2D eigenvalue weighted by Gasteiger charge is -2.22. The number of likely N-dealkylation sites (N-methyl/N-ethyl adjacent to an activating group) is 1. The summed E-state index contributed by atoms with van der Waals surface area (Å²) >= 11 is 0. The fourth-order valence-electron chi connectivity index (χ4n) is 2.09. The van der Waals surface area contributed by atoms with E-state index in [1.54, 1.807) is 13.2 Å². The highest BCUT2D eigenvalue weighted by Gasteiger charge is 2.15. The highest BCUT2D eigenvalue weighted by Crippen LogP contribution is 2.08. The van der Waals surface area contributed by atoms with Crippen LogP contribution >= 0.6 is 0 Å². The van der Waals surface area contributed by atoms with E-state index >= 15 is 0 Å². The smallest absolute Gasteiger partial charge is 0.250 e. The minimum atomic E-state index is -0.215. The third-order valence-electron chi connectivity index (χ3n) is 3.24. The number of nitrogens with one attached hydrogen (secondary N) is 3. The van der Waals surface area contributed by atoms with Gasteiger partial charge in [-0.1, -0.05) is 0 Å². The van der Waals surface area contributed by atoms with Gasteiger partial charge in [-0.3, -0.25) is 14.3 Å². The largest absolute Gasteiger partial charge is 0.368 e. The Hall–Kier alpha value is -1.93. The van der Waals surface area contributed by atoms with Gasteiger partial charge in [0.25, 0.3) is 0 Å². The zero-order valence-corrected chi connectivity index (χ0v) is 12.1. The molecule has 0 atom stereocenters. The van der Waals surface area contributed by atoms with E-state index in [4.69, 9.17) is 4.74 Å². The molecule has 2 amide bonds. The van der Waals surface area contributed by atoms with Gasteiger partial charge in [-0.2, -0.15) is 5.10 Å². The van der Waals surface area contributed by atoms with Gasteiger partial charge in [-0.15, -0.1) is 0 Å². The van der Waals surface area contributed by atoms with E-state index in [0.29, 0.717) is 5.69 Å². The number of anilines is 1. The number of nitrogens with zero attached hydrogens (tertiary/aromatic N) is 2. The quantitative estimate of drug-likeness (QED) is 0.647. The minimum absolute atomic E-state index is 0.0330. The predicted octanol–water partition coefficient (Wildman–Crippen LogP) is -0.664. The van der Waals surface area contributed by atoms with Gasteiger partial charge in [-0.25, -0.2) is 0 Å². The van der Waals surface area contributed by atoms with E-state index < -0.39 is 0 Å². The lowest BCUT2D eigenvalue weighted by Crippen LogP contribution is -2.34. The van der Waals surface area contributed by atoms with Crippen molar-refractivity contribution >= 4 is 17.5 Å². The number of ether oxygens (including phenoxy) is 1. The van der Waals surface area contributed by atoms with Gasteiger partial charge in [0, 0.05) is 13.2 Å². The maximum atomic E-state index is 11.8. The van der Waals surface area contributed by atoms with Crippen molar-refractivity contribution in [2.75, 3.05) is 32.1 Å². The van der Waals surface area contributed by atoms with Crippen LogP contribution in [0.5, 0.6) is 0 Å². The van der Waals surface area contributed by atoms with Crippen molar-refractivity contribution in [3.63, 3.8) is 0 Å². The van der Waals surface area contributed by atoms with E-state index in [0.717, 1.165) is 25.9 Å². The van der Waals surface area contributed by atoms with Gasteiger partial charge in [0.15, 0.2) is 0 Å². The van der Waals surface area contributed by atoms with E-state index in [9.17, 15) is 9.59 Å². The number of carbonyl (C=O) groups is 2. The molecule has 0 aliphatic carbocycles. The Bertz CT molecular complexity index is 482. The Morgan fingerprint density at radius 3 is 2.90 bits per heavy atom. The van der Waals surface area contributed by atoms with E-state index in [1.165, 1.54) is 10.9 Å². The Labute approximate surface area is 123 Å². The molecule has 8 heteroatoms. The van der Waals surface area contributed by atoms with Gasteiger partial charge < -0.3 is 20.7 Å². The van der Waals surface area contributed by atoms with Crippen molar-refractivity contribution in [2.24, 2.45) is 0 Å². The van der Waals surface area contributed by atoms with Gasteiger partial charge in [0.05, 0.1) is 18.0 Å². The molecule has 2 rings (SSSR count). The molecular formula is C13H21N5O3. The van der Waals surface area contributed by atoms with Crippen LogP contribution in [0.1, 0.15) is 12.8 Å². The molecule has 2 heterocycles. The zero-order valence-electron chi connectivity index (χ0n) is 12.1. The van der Waals surface area contributed by atoms with E-state index in [2.05, 4.69) is 21.0 Å². The normalized spacial score (nSPS) is 15.7. The van der Waals surface area contributed by atoms with Crippen molar-refractivity contribution in [1.82, 2.24) is 20.4 Å². The molecule has 1 saturated heterocycles. The molecule has 1 aliphatic heterocycles. The molecule has 0 unspecified atom stereocenters. The Kier molecular flexibility index (Phi) is 5.70. The number of rotatable bonds is 6. The molecule has 0 aromatic carbocycles. The summed E-state index contributed by atoms with van der Waals surface area (Å²) in [6, 6.07) is 0. The second kappa shape index (κ2) is 7.75. The van der Waals surface area contributed by atoms with Crippen molar-refractivity contribution in [1.29, 1.82) is 0 Å². The van der Waals surface area contributed by atoms with Crippen LogP contribution in [-0.4, -0.2) is 54.4 Å². The molecule has 1 fully saturated rings. The summed E-state index contributed by atoms with van der Waals surface area (Å²) in [5.74, 6) is -0.363. The summed E-state index contributed by atoms with van der Waals surface area (Å²) in [6.45, 7) is 2.01. The first-order valence-corrected chi connectivity index (χ1v) is 7.02. The first kappa shape index (κ1) is 15.5. The average Bonchev–Trinajstić information content (AvgIpc) is 2.93. The van der Waals surface area contributed by atoms with Crippen molar-refractivity contribution in [3.8, 4) is 0 Å². The lowest BCUT2D eigenvalue weighted by molar-refractivity contribution is -0.123. The second-order valence-electron chi connectivity index (χ2n) is 4.91. The van der Waals surface area contributed by atoms with Gasteiger partial charge in [0.1, 0.15) is 13.2 Å². The number of aromatic nitrogens is 2. The Balaban J connectivity index is 1.73. The molecule has 0 bridgehead atoms. The van der Waals surface area contributed by atoms with Crippen LogP contribution in [0.2, 0.25) is 0 Å². The molecule has 116 valence electrons. The van der Waals surface area contributed by atoms with Gasteiger partial charge in [-0.05, 0) is 25.9 Å². The van der Waals surface area contributed by atoms with Crippen LogP contribution in [-0.2, 0) is 20.9 Å². The van der Waals surface area contributed by atoms with Crippen molar-refractivity contribution in [2.45, 2.75) is 25.5 Å². The summed E-state index contributed by atoms with van der Waals surface area (Å²) in [6.07, 6.45) is 5.12. The molecule has 0 spiro atoms. The molecular weight excluding hydrogens is 274 g/mol. The third-order valence-corrected chi connectivity index (χ3v) is 3.24. The van der Waals surface area contributed by atoms with Crippen LogP contribution < -0.4 is 16.0 Å². The Morgan fingerprint density at radius 1 is 1.43 bits per heavy atom. The highest BCUT2D eigenvalue weighted by molar-refractivity contribution is 5.91. The fraction of sp³-hybridized carbons (Fsp3) is 0.615. The average molecular weight is 295 g/mol. The first-order valence-electron chi connectivity index (χ1n) is 7.02. The van der Waals surface area contributed by atoms with Gasteiger partial charge >= 0.3 is 0 Å². The monoisotopic (exact) mass is 295 g/mol. The molecule has 21 heavy (non-hydrogen) atoms. The summed E-state index contributed by atoms with van der Waals surface area (Å²) < 4.78 is 7.02. The van der Waals surface area contributed by atoms with Crippen LogP contribution in [0.15, 0.2) is 12.4 Å². The number of carbonyl (C=O) groups excluding carboxylic acids is 2. The molecule has 0 radical (unpaired) electrons. The maximum Gasteiger partial charge on any atom is 0.250 e. The molecule has 0 saturated carbocycles. The molecule has 1 aromatic heterocycles. The summed E-state index contributed by atoms with van der Waals surface area (Å²) in [5, 5.41) is 12.4. The predicted molar refractivity (Wildman–Crippen MR) is 76.8 cm³/mol. The van der Waals surface area contributed by atoms with Crippen molar-refractivity contribution < 1.29 is 14.3 Å². The summed E-state index contributed by atoms with van der Waals surface area (Å²) in [5.41, 5.74) is 0.554. The third kappa shape index (κ3) is 5.16. The van der Waals surface area contributed by atoms with E-state index in [1.807, 2.05) is 0 Å². The van der Waals surface area contributed by atoms with Crippen LogP contribution in [0, 0.1) is 0 Å². The fourth-order valence-corrected chi connectivity index (χ4v) is 2.09. The molecule has 8 nitrogen and oxygen atoms in total. The number of hydrogen-bond donors (Lipinski definition) is 3. The zero-order chi connectivity index (χ0) is 15.1. The van der Waals surface area contributed by atoms with Crippen molar-refractivity contribution in [3.05, 3.63) is 12.4 Å². The van der Waals surface area contributed by atoms with E-state index in [-0.39, 0.29) is 31.1 Å². The molecule has 1 aromatic rings. The standard InChI is InChI=1S/C13H21N5O3/c1-14-12(19)8-18-7-10(6-16-18)17-13(20)9-21-11-2-4-15-5-3-11/h6-7,11,15H,2-5,8-9H2,1H3,(H,14,19)(H,17,20). The van der Waals surface area contributed by atoms with Crippen LogP contribution in [0.25, 0.3) is 0 Å². The lowest BCUT2D eigenvalue weighted by atomic mass is 10.1. The maximum absolute atomic E-state index is 11.8. The topological polar surface area (TPSA) is 97.3 Å². The number of hydrogen-bond acceptors (Lipinski definition) is 5. The number of piperidine rings is 1. The summed E-state index contributed by atoms with van der Waals surface area (Å²) in [4.78, 5) is 23.0. The SMILES string of the molecule is CNC(=O)Cn1cc(NC(=O)COC2CCNCC2)cn1. The number of amides is 2. The molecule has 1 aliphatic rings. The Morgan fingerprint density at radius 2 is 2.19 bits per heavy atom. The van der Waals surface area contributed by atoms with Crippen LogP contribution in [0.3, 0.4) is 0 Å².